The molecule has 0 atom stereocenters. The number of ether oxygens (including phenoxy) is 1. The zero-order chi connectivity index (χ0) is 15.5. The Hall–Kier alpha value is -2.08. The molecule has 0 bridgehead atoms. The number of carbonyl (C=O) groups excluding carboxylic acids is 1. The number of guanidine groups is 1. The van der Waals surface area contributed by atoms with Crippen molar-refractivity contribution in [3.63, 3.8) is 0 Å². The highest BCUT2D eigenvalue weighted by Gasteiger charge is 2.01. The van der Waals surface area contributed by atoms with Crippen LogP contribution in [-0.4, -0.2) is 38.2 Å². The number of hydrogen-bond acceptors (Lipinski definition) is 3. The lowest BCUT2D eigenvalue weighted by Crippen LogP contribution is -2.39. The number of nitrogens with two attached hydrogens (primary N) is 1. The number of benzene rings is 1. The van der Waals surface area contributed by atoms with Crippen molar-refractivity contribution in [1.82, 2.24) is 10.6 Å². The predicted octanol–water partition coefficient (Wildman–Crippen LogP) is 0.877. The van der Waals surface area contributed by atoms with Gasteiger partial charge in [0.1, 0.15) is 0 Å². The summed E-state index contributed by atoms with van der Waals surface area (Å²) in [6, 6.07) is 7.18. The second-order valence-corrected chi connectivity index (χ2v) is 4.38. The van der Waals surface area contributed by atoms with Gasteiger partial charge in [-0.05, 0) is 31.5 Å². The van der Waals surface area contributed by atoms with Crippen molar-refractivity contribution in [2.24, 2.45) is 10.7 Å². The van der Waals surface area contributed by atoms with Gasteiger partial charge in [-0.1, -0.05) is 12.1 Å². The zero-order valence-electron chi connectivity index (χ0n) is 12.7. The van der Waals surface area contributed by atoms with Crippen molar-refractivity contribution >= 4 is 11.9 Å². The normalized spacial score (nSPS) is 11.2. The topological polar surface area (TPSA) is 88.7 Å². The molecular formula is C15H24N4O2. The Labute approximate surface area is 125 Å². The van der Waals surface area contributed by atoms with Crippen LogP contribution in [0.1, 0.15) is 29.8 Å². The largest absolute Gasteiger partial charge is 0.380 e. The van der Waals surface area contributed by atoms with Crippen LogP contribution < -0.4 is 16.4 Å². The summed E-state index contributed by atoms with van der Waals surface area (Å²) in [6.45, 7) is 7.26. The lowest BCUT2D eigenvalue weighted by Gasteiger charge is -2.11. The minimum atomic E-state index is -0.428. The van der Waals surface area contributed by atoms with Gasteiger partial charge in [0.25, 0.3) is 0 Å². The van der Waals surface area contributed by atoms with Gasteiger partial charge in [-0.25, -0.2) is 4.99 Å². The monoisotopic (exact) mass is 292 g/mol. The van der Waals surface area contributed by atoms with Gasteiger partial charge in [-0.2, -0.15) is 0 Å². The Bertz CT molecular complexity index is 474. The molecule has 0 spiro atoms. The number of carbonyl (C=O) groups is 1. The first-order chi connectivity index (χ1) is 10.2. The fraction of sp³-hybridized carbons (Fsp3) is 0.467. The number of rotatable bonds is 8. The van der Waals surface area contributed by atoms with Crippen molar-refractivity contribution in [2.45, 2.75) is 20.4 Å². The van der Waals surface area contributed by atoms with Crippen LogP contribution >= 0.6 is 0 Å². The molecule has 0 aliphatic carbocycles. The maximum atomic E-state index is 11.1. The zero-order valence-corrected chi connectivity index (χ0v) is 12.7. The molecule has 4 N–H and O–H groups in total. The summed E-state index contributed by atoms with van der Waals surface area (Å²) >= 11 is 0. The van der Waals surface area contributed by atoms with E-state index in [-0.39, 0.29) is 0 Å². The fourth-order valence-electron chi connectivity index (χ4n) is 1.72. The van der Waals surface area contributed by atoms with Crippen molar-refractivity contribution in [1.29, 1.82) is 0 Å². The van der Waals surface area contributed by atoms with Crippen LogP contribution in [0, 0.1) is 0 Å². The number of aliphatic imine (C=N–C) groups is 1. The molecule has 0 unspecified atom stereocenters. The van der Waals surface area contributed by atoms with E-state index in [0.29, 0.717) is 31.9 Å². The molecule has 1 amide bonds. The highest BCUT2D eigenvalue weighted by atomic mass is 16.5. The van der Waals surface area contributed by atoms with Crippen LogP contribution in [0.4, 0.5) is 0 Å². The lowest BCUT2D eigenvalue weighted by atomic mass is 10.1. The van der Waals surface area contributed by atoms with Gasteiger partial charge in [-0.15, -0.1) is 0 Å². The summed E-state index contributed by atoms with van der Waals surface area (Å²) in [4.78, 5) is 15.6. The molecule has 6 nitrogen and oxygen atoms in total. The summed E-state index contributed by atoms with van der Waals surface area (Å²) in [7, 11) is 0. The Balaban J connectivity index is 2.60. The molecule has 116 valence electrons. The Kier molecular flexibility index (Phi) is 7.89. The average Bonchev–Trinajstić information content (AvgIpc) is 2.49. The molecule has 0 aliphatic rings. The third-order valence-electron chi connectivity index (χ3n) is 2.72. The van der Waals surface area contributed by atoms with Gasteiger partial charge in [0.15, 0.2) is 5.96 Å². The van der Waals surface area contributed by atoms with Crippen LogP contribution in [0.15, 0.2) is 29.3 Å². The molecule has 6 heteroatoms. The number of nitrogens with one attached hydrogen (secondary N) is 2. The summed E-state index contributed by atoms with van der Waals surface area (Å²) < 4.78 is 5.27. The van der Waals surface area contributed by atoms with Crippen LogP contribution in [0.25, 0.3) is 0 Å². The summed E-state index contributed by atoms with van der Waals surface area (Å²) in [5.74, 6) is 0.296. The third-order valence-corrected chi connectivity index (χ3v) is 2.72. The van der Waals surface area contributed by atoms with E-state index in [0.717, 1.165) is 18.1 Å². The van der Waals surface area contributed by atoms with Gasteiger partial charge >= 0.3 is 0 Å². The van der Waals surface area contributed by atoms with E-state index in [9.17, 15) is 4.79 Å². The molecule has 0 aliphatic heterocycles. The van der Waals surface area contributed by atoms with E-state index in [2.05, 4.69) is 15.6 Å². The van der Waals surface area contributed by atoms with Crippen LogP contribution in [-0.2, 0) is 11.3 Å². The molecule has 1 aromatic rings. The van der Waals surface area contributed by atoms with E-state index in [1.54, 1.807) is 18.2 Å². The first kappa shape index (κ1) is 17.0. The van der Waals surface area contributed by atoms with E-state index in [4.69, 9.17) is 10.5 Å². The van der Waals surface area contributed by atoms with E-state index >= 15 is 0 Å². The lowest BCUT2D eigenvalue weighted by molar-refractivity contribution is 0.1000. The van der Waals surface area contributed by atoms with E-state index in [1.807, 2.05) is 19.9 Å². The van der Waals surface area contributed by atoms with Crippen molar-refractivity contribution in [2.75, 3.05) is 26.3 Å². The van der Waals surface area contributed by atoms with Crippen molar-refractivity contribution in [3.8, 4) is 0 Å². The van der Waals surface area contributed by atoms with Crippen LogP contribution in [0.2, 0.25) is 0 Å². The molecule has 1 rings (SSSR count). The number of amides is 1. The van der Waals surface area contributed by atoms with Crippen LogP contribution in [0.3, 0.4) is 0 Å². The smallest absolute Gasteiger partial charge is 0.248 e. The molecule has 0 fully saturated rings. The van der Waals surface area contributed by atoms with Gasteiger partial charge in [-0.3, -0.25) is 4.79 Å². The summed E-state index contributed by atoms with van der Waals surface area (Å²) in [5, 5.41) is 6.34. The minimum Gasteiger partial charge on any atom is -0.380 e. The number of nitrogens with zero attached hydrogens (tertiary/aromatic N) is 1. The van der Waals surface area contributed by atoms with E-state index in [1.165, 1.54) is 0 Å². The fourth-order valence-corrected chi connectivity index (χ4v) is 1.72. The first-order valence-electron chi connectivity index (χ1n) is 7.16. The standard InChI is InChI=1S/C15H24N4O2/c1-3-17-15(18-8-9-21-4-2)19-11-12-6-5-7-13(10-12)14(16)20/h5-7,10H,3-4,8-9,11H2,1-2H3,(H2,16,20)(H2,17,18,19). The van der Waals surface area contributed by atoms with Gasteiger partial charge in [0.05, 0.1) is 13.2 Å². The average molecular weight is 292 g/mol. The second-order valence-electron chi connectivity index (χ2n) is 4.38. The molecule has 0 aromatic heterocycles. The van der Waals surface area contributed by atoms with Crippen molar-refractivity contribution in [3.05, 3.63) is 35.4 Å². The predicted molar refractivity (Wildman–Crippen MR) is 84.3 cm³/mol. The molecule has 1 aromatic carbocycles. The van der Waals surface area contributed by atoms with Crippen molar-refractivity contribution < 1.29 is 9.53 Å². The van der Waals surface area contributed by atoms with Gasteiger partial charge in [0.2, 0.25) is 5.91 Å². The van der Waals surface area contributed by atoms with Crippen LogP contribution in [0.5, 0.6) is 0 Å². The SMILES string of the molecule is CCNC(=NCc1cccc(C(N)=O)c1)NCCOCC. The van der Waals surface area contributed by atoms with E-state index < -0.39 is 5.91 Å². The first-order valence-corrected chi connectivity index (χ1v) is 7.16. The Morgan fingerprint density at radius 3 is 2.81 bits per heavy atom. The highest BCUT2D eigenvalue weighted by molar-refractivity contribution is 5.92. The summed E-state index contributed by atoms with van der Waals surface area (Å²) in [6.07, 6.45) is 0. The number of primary amides is 1. The quantitative estimate of drug-likeness (QED) is 0.377. The highest BCUT2D eigenvalue weighted by Crippen LogP contribution is 2.05. The number of hydrogen-bond donors (Lipinski definition) is 3. The van der Waals surface area contributed by atoms with Gasteiger partial charge < -0.3 is 21.1 Å². The third kappa shape index (κ3) is 6.76. The molecule has 0 saturated carbocycles. The minimum absolute atomic E-state index is 0.428. The molecule has 0 saturated heterocycles. The molecule has 21 heavy (non-hydrogen) atoms. The Morgan fingerprint density at radius 2 is 2.14 bits per heavy atom. The molecule has 0 radical (unpaired) electrons. The summed E-state index contributed by atoms with van der Waals surface area (Å²) in [5.41, 5.74) is 6.70. The maximum absolute atomic E-state index is 11.1. The molecular weight excluding hydrogens is 268 g/mol. The van der Waals surface area contributed by atoms with Gasteiger partial charge in [0, 0.05) is 25.3 Å². The second kappa shape index (κ2) is 9.77. The molecule has 0 heterocycles. The maximum Gasteiger partial charge on any atom is 0.248 e. The Morgan fingerprint density at radius 1 is 1.33 bits per heavy atom.